The summed E-state index contributed by atoms with van der Waals surface area (Å²) in [6, 6.07) is 20.1. The topological polar surface area (TPSA) is 98.2 Å². The summed E-state index contributed by atoms with van der Waals surface area (Å²) in [5, 5.41) is 12.9. The maximum absolute atomic E-state index is 12.7. The van der Waals surface area contributed by atoms with E-state index in [1.54, 1.807) is 18.3 Å². The van der Waals surface area contributed by atoms with Gasteiger partial charge in [-0.3, -0.25) is 4.79 Å². The van der Waals surface area contributed by atoms with E-state index < -0.39 is 11.5 Å². The lowest BCUT2D eigenvalue weighted by atomic mass is 10.1. The van der Waals surface area contributed by atoms with Crippen LogP contribution in [0, 0.1) is 12.0 Å². The van der Waals surface area contributed by atoms with Crippen LogP contribution in [0.25, 0.3) is 22.8 Å². The van der Waals surface area contributed by atoms with Gasteiger partial charge in [-0.15, -0.1) is 0 Å². The Morgan fingerprint density at radius 1 is 1.07 bits per heavy atom. The van der Waals surface area contributed by atoms with Crippen LogP contribution < -0.4 is 5.56 Å². The van der Waals surface area contributed by atoms with Crippen molar-refractivity contribution in [2.24, 2.45) is 0 Å². The smallest absolute Gasteiger partial charge is 0.335 e. The van der Waals surface area contributed by atoms with Gasteiger partial charge >= 0.3 is 5.97 Å². The molecule has 0 aliphatic carbocycles. The third kappa shape index (κ3) is 4.03. The Hall–Kier alpha value is -4.44. The highest BCUT2D eigenvalue weighted by Crippen LogP contribution is 2.23. The number of hydrogen-bond acceptors (Lipinski definition) is 5. The van der Waals surface area contributed by atoms with Gasteiger partial charge < -0.3 is 9.52 Å². The zero-order valence-electron chi connectivity index (χ0n) is 15.6. The fourth-order valence-electron chi connectivity index (χ4n) is 2.77. The number of carbonyl (C=O) groups is 1. The van der Waals surface area contributed by atoms with E-state index >= 15 is 0 Å². The summed E-state index contributed by atoms with van der Waals surface area (Å²) in [6.07, 6.45) is 3.37. The van der Waals surface area contributed by atoms with Gasteiger partial charge in [0.2, 0.25) is 5.89 Å². The Kier molecular flexibility index (Phi) is 5.22. The second kappa shape index (κ2) is 8.29. The third-order valence-corrected chi connectivity index (χ3v) is 4.32. The summed E-state index contributed by atoms with van der Waals surface area (Å²) in [5.74, 6) is 2.64. The number of oxazole rings is 1. The van der Waals surface area contributed by atoms with Crippen LogP contribution in [0.4, 0.5) is 0 Å². The molecule has 0 aliphatic rings. The number of nitrogens with zero attached hydrogens (tertiary/aromatic N) is 3. The summed E-state index contributed by atoms with van der Waals surface area (Å²) in [7, 11) is 0. The highest BCUT2D eigenvalue weighted by atomic mass is 16.4. The van der Waals surface area contributed by atoms with Gasteiger partial charge in [0.15, 0.2) is 5.76 Å². The maximum Gasteiger partial charge on any atom is 0.335 e. The van der Waals surface area contributed by atoms with Gasteiger partial charge in [0.1, 0.15) is 5.56 Å². The van der Waals surface area contributed by atoms with Crippen molar-refractivity contribution in [2.45, 2.75) is 6.42 Å². The second-order valence-electron chi connectivity index (χ2n) is 6.32. The maximum atomic E-state index is 12.7. The van der Waals surface area contributed by atoms with E-state index in [-0.39, 0.29) is 17.0 Å². The Balaban J connectivity index is 1.56. The van der Waals surface area contributed by atoms with E-state index in [1.165, 1.54) is 24.4 Å². The second-order valence-corrected chi connectivity index (χ2v) is 6.32. The molecule has 7 nitrogen and oxygen atoms in total. The number of carboxylic acids is 1. The van der Waals surface area contributed by atoms with Gasteiger partial charge in [-0.05, 0) is 23.8 Å². The quantitative estimate of drug-likeness (QED) is 0.531. The van der Waals surface area contributed by atoms with Gasteiger partial charge in [-0.2, -0.15) is 9.78 Å². The van der Waals surface area contributed by atoms with E-state index in [2.05, 4.69) is 22.0 Å². The van der Waals surface area contributed by atoms with Crippen molar-refractivity contribution in [1.82, 2.24) is 14.8 Å². The van der Waals surface area contributed by atoms with Crippen molar-refractivity contribution in [3.63, 3.8) is 0 Å². The fraction of sp³-hybridized carbons (Fsp3) is 0.0435. The van der Waals surface area contributed by atoms with Crippen LogP contribution in [0.1, 0.15) is 15.9 Å². The molecule has 0 saturated carbocycles. The van der Waals surface area contributed by atoms with Crippen LogP contribution in [-0.4, -0.2) is 25.8 Å². The van der Waals surface area contributed by atoms with Crippen LogP contribution in [0.15, 0.2) is 82.3 Å². The lowest BCUT2D eigenvalue weighted by Gasteiger charge is -1.98. The predicted octanol–water partition coefficient (Wildman–Crippen LogP) is 3.32. The molecular weight excluding hydrogens is 382 g/mol. The van der Waals surface area contributed by atoms with Gasteiger partial charge in [-0.1, -0.05) is 48.4 Å². The van der Waals surface area contributed by atoms with Crippen molar-refractivity contribution < 1.29 is 14.3 Å². The Morgan fingerprint density at radius 3 is 2.57 bits per heavy atom. The van der Waals surface area contributed by atoms with Crippen molar-refractivity contribution in [2.75, 3.05) is 0 Å². The lowest BCUT2D eigenvalue weighted by molar-refractivity contribution is 0.0697. The molecule has 2 aromatic carbocycles. The molecule has 2 heterocycles. The number of hydrogen-bond donors (Lipinski definition) is 1. The summed E-state index contributed by atoms with van der Waals surface area (Å²) >= 11 is 0. The highest BCUT2D eigenvalue weighted by Gasteiger charge is 2.13. The predicted molar refractivity (Wildman–Crippen MR) is 110 cm³/mol. The SMILES string of the molecule is O=C(O)c1ccc(CC#Cn2nccc(-c3ncc(-c4ccccc4)o3)c2=O)cc1. The lowest BCUT2D eigenvalue weighted by Crippen LogP contribution is -2.20. The Morgan fingerprint density at radius 2 is 1.83 bits per heavy atom. The normalized spacial score (nSPS) is 10.3. The average molecular weight is 397 g/mol. The van der Waals surface area contributed by atoms with Crippen molar-refractivity contribution in [3.8, 4) is 34.7 Å². The number of benzene rings is 2. The fourth-order valence-corrected chi connectivity index (χ4v) is 2.77. The molecule has 0 saturated heterocycles. The first kappa shape index (κ1) is 18.9. The summed E-state index contributed by atoms with van der Waals surface area (Å²) in [6.45, 7) is 0. The average Bonchev–Trinajstić information content (AvgIpc) is 3.26. The van der Waals surface area contributed by atoms with E-state index in [0.29, 0.717) is 12.2 Å². The van der Waals surface area contributed by atoms with Gasteiger partial charge in [0.05, 0.1) is 11.8 Å². The zero-order chi connectivity index (χ0) is 20.9. The van der Waals surface area contributed by atoms with Crippen molar-refractivity contribution in [1.29, 1.82) is 0 Å². The minimum atomic E-state index is -0.984. The molecule has 0 amide bonds. The number of aromatic nitrogens is 3. The molecule has 2 aromatic heterocycles. The summed E-state index contributed by atoms with van der Waals surface area (Å²) < 4.78 is 6.78. The molecule has 4 aromatic rings. The minimum absolute atomic E-state index is 0.195. The first-order valence-corrected chi connectivity index (χ1v) is 9.03. The third-order valence-electron chi connectivity index (χ3n) is 4.32. The van der Waals surface area contributed by atoms with E-state index in [9.17, 15) is 9.59 Å². The molecule has 0 unspecified atom stereocenters. The highest BCUT2D eigenvalue weighted by molar-refractivity contribution is 5.87. The Bertz CT molecular complexity index is 1310. The zero-order valence-corrected chi connectivity index (χ0v) is 15.6. The van der Waals surface area contributed by atoms with Gasteiger partial charge in [-0.25, -0.2) is 9.78 Å². The van der Waals surface area contributed by atoms with Crippen molar-refractivity contribution in [3.05, 3.63) is 94.5 Å². The molecule has 30 heavy (non-hydrogen) atoms. The molecule has 146 valence electrons. The van der Waals surface area contributed by atoms with Gasteiger partial charge in [0.25, 0.3) is 5.56 Å². The standard InChI is InChI=1S/C23H15N3O4/c27-22-19(21-24-15-20(30-21)17-6-2-1-3-7-17)12-13-25-26(22)14-4-5-16-8-10-18(11-9-16)23(28)29/h1-3,6-13,15H,5H2,(H,28,29). The molecule has 0 bridgehead atoms. The molecule has 0 radical (unpaired) electrons. The first-order chi connectivity index (χ1) is 14.6. The summed E-state index contributed by atoms with van der Waals surface area (Å²) in [4.78, 5) is 27.8. The van der Waals surface area contributed by atoms with Crippen LogP contribution >= 0.6 is 0 Å². The molecule has 0 spiro atoms. The Labute approximate surface area is 171 Å². The molecule has 1 N–H and O–H groups in total. The van der Waals surface area contributed by atoms with Crippen molar-refractivity contribution >= 4 is 5.97 Å². The molecular formula is C23H15N3O4. The largest absolute Gasteiger partial charge is 0.478 e. The molecule has 0 fully saturated rings. The van der Waals surface area contributed by atoms with Crippen LogP contribution in [0.5, 0.6) is 0 Å². The summed E-state index contributed by atoms with van der Waals surface area (Å²) in [5.41, 5.74) is 1.72. The van der Waals surface area contributed by atoms with E-state index in [0.717, 1.165) is 15.8 Å². The van der Waals surface area contributed by atoms with E-state index in [4.69, 9.17) is 9.52 Å². The minimum Gasteiger partial charge on any atom is -0.478 e. The number of rotatable bonds is 4. The van der Waals surface area contributed by atoms with Crippen LogP contribution in [0.2, 0.25) is 0 Å². The first-order valence-electron chi connectivity index (χ1n) is 9.03. The van der Waals surface area contributed by atoms with Crippen LogP contribution in [0.3, 0.4) is 0 Å². The number of aromatic carboxylic acids is 1. The molecule has 0 aliphatic heterocycles. The number of carboxylic acid groups (broad SMARTS) is 1. The van der Waals surface area contributed by atoms with Gasteiger partial charge in [0, 0.05) is 24.2 Å². The molecule has 4 rings (SSSR count). The monoisotopic (exact) mass is 397 g/mol. The van der Waals surface area contributed by atoms with E-state index in [1.807, 2.05) is 30.3 Å². The molecule has 0 atom stereocenters. The molecule has 7 heteroatoms. The van der Waals surface area contributed by atoms with Crippen LogP contribution in [-0.2, 0) is 6.42 Å².